The smallest absolute Gasteiger partial charge is 0.207 e. The van der Waals surface area contributed by atoms with Crippen LogP contribution in [-0.2, 0) is 21.1 Å². The van der Waals surface area contributed by atoms with Crippen LogP contribution in [-0.4, -0.2) is 14.2 Å². The summed E-state index contributed by atoms with van der Waals surface area (Å²) >= 11 is 0. The second-order valence-corrected chi connectivity index (χ2v) is 7.27. The van der Waals surface area contributed by atoms with E-state index >= 15 is 0 Å². The molecule has 0 aromatic heterocycles. The molecule has 1 heterocycles. The van der Waals surface area contributed by atoms with E-state index in [1.807, 2.05) is 24.3 Å². The Morgan fingerprint density at radius 3 is 2.48 bits per heavy atom. The standard InChI is InChI=1S/C17H16O3S/c1-12(18)5-4-6-13-9-10-17-15(11-13)14-7-2-3-8-16(14)21(17,19)20/h2-3,7-11H,4-6H2,1H3. The lowest BCUT2D eigenvalue weighted by molar-refractivity contribution is -0.117. The molecule has 0 spiro atoms. The first kappa shape index (κ1) is 14.0. The number of hydrogen-bond acceptors (Lipinski definition) is 3. The van der Waals surface area contributed by atoms with Crippen molar-refractivity contribution in [2.24, 2.45) is 0 Å². The molecule has 0 unspecified atom stereocenters. The van der Waals surface area contributed by atoms with Gasteiger partial charge in [0.2, 0.25) is 9.84 Å². The zero-order chi connectivity index (χ0) is 15.0. The Hall–Kier alpha value is -1.94. The Bertz CT molecular complexity index is 820. The minimum Gasteiger partial charge on any atom is -0.300 e. The third-order valence-electron chi connectivity index (χ3n) is 3.79. The highest BCUT2D eigenvalue weighted by molar-refractivity contribution is 7.92. The van der Waals surface area contributed by atoms with Gasteiger partial charge >= 0.3 is 0 Å². The number of fused-ring (bicyclic) bond motifs is 3. The monoisotopic (exact) mass is 300 g/mol. The predicted octanol–water partition coefficient (Wildman–Crippen LogP) is 3.41. The lowest BCUT2D eigenvalue weighted by Gasteiger charge is -2.04. The molecule has 3 nitrogen and oxygen atoms in total. The number of sulfone groups is 1. The van der Waals surface area contributed by atoms with E-state index in [9.17, 15) is 13.2 Å². The van der Waals surface area contributed by atoms with Crippen molar-refractivity contribution in [2.75, 3.05) is 0 Å². The highest BCUT2D eigenvalue weighted by Gasteiger charge is 2.32. The van der Waals surface area contributed by atoms with E-state index in [0.29, 0.717) is 16.2 Å². The second kappa shape index (κ2) is 5.11. The van der Waals surface area contributed by atoms with Gasteiger partial charge in [-0.1, -0.05) is 24.3 Å². The summed E-state index contributed by atoms with van der Waals surface area (Å²) < 4.78 is 24.9. The molecular weight excluding hydrogens is 284 g/mol. The van der Waals surface area contributed by atoms with Crippen LogP contribution >= 0.6 is 0 Å². The maximum atomic E-state index is 12.4. The number of carbonyl (C=O) groups excluding carboxylic acids is 1. The third-order valence-corrected chi connectivity index (χ3v) is 5.66. The van der Waals surface area contributed by atoms with Gasteiger partial charge in [0.25, 0.3) is 0 Å². The largest absolute Gasteiger partial charge is 0.300 e. The molecule has 21 heavy (non-hydrogen) atoms. The summed E-state index contributed by atoms with van der Waals surface area (Å²) in [5.41, 5.74) is 2.63. The molecule has 0 N–H and O–H groups in total. The highest BCUT2D eigenvalue weighted by Crippen LogP contribution is 2.43. The van der Waals surface area contributed by atoms with Gasteiger partial charge in [-0.25, -0.2) is 8.42 Å². The lowest BCUT2D eigenvalue weighted by Crippen LogP contribution is -1.97. The molecule has 1 aliphatic heterocycles. The maximum Gasteiger partial charge on any atom is 0.207 e. The number of hydrogen-bond donors (Lipinski definition) is 0. The molecule has 2 aromatic carbocycles. The van der Waals surface area contributed by atoms with Crippen LogP contribution in [0.25, 0.3) is 11.1 Å². The van der Waals surface area contributed by atoms with E-state index in [0.717, 1.165) is 29.5 Å². The first-order valence-corrected chi connectivity index (χ1v) is 8.45. The van der Waals surface area contributed by atoms with Crippen LogP contribution in [0.15, 0.2) is 52.3 Å². The fourth-order valence-corrected chi connectivity index (χ4v) is 4.43. The summed E-state index contributed by atoms with van der Waals surface area (Å²) in [6.07, 6.45) is 2.14. The van der Waals surface area contributed by atoms with E-state index in [2.05, 4.69) is 0 Å². The van der Waals surface area contributed by atoms with Gasteiger partial charge in [-0.15, -0.1) is 0 Å². The Morgan fingerprint density at radius 2 is 1.71 bits per heavy atom. The van der Waals surface area contributed by atoms with Crippen molar-refractivity contribution in [2.45, 2.75) is 36.0 Å². The normalized spacial score (nSPS) is 14.5. The maximum absolute atomic E-state index is 12.4. The van der Waals surface area contributed by atoms with Gasteiger partial charge in [0, 0.05) is 17.5 Å². The van der Waals surface area contributed by atoms with Crippen LogP contribution < -0.4 is 0 Å². The second-order valence-electron chi connectivity index (χ2n) is 5.39. The van der Waals surface area contributed by atoms with Gasteiger partial charge in [0.1, 0.15) is 5.78 Å². The molecule has 2 aromatic rings. The zero-order valence-electron chi connectivity index (χ0n) is 11.8. The van der Waals surface area contributed by atoms with Crippen LogP contribution in [0.5, 0.6) is 0 Å². The van der Waals surface area contributed by atoms with Crippen molar-refractivity contribution in [3.63, 3.8) is 0 Å². The number of rotatable bonds is 4. The molecule has 0 bridgehead atoms. The lowest BCUT2D eigenvalue weighted by atomic mass is 10.0. The number of benzene rings is 2. The van der Waals surface area contributed by atoms with Crippen LogP contribution in [0.3, 0.4) is 0 Å². The summed E-state index contributed by atoms with van der Waals surface area (Å²) in [6, 6.07) is 12.6. The third kappa shape index (κ3) is 2.40. The van der Waals surface area contributed by atoms with Crippen molar-refractivity contribution >= 4 is 15.6 Å². The molecule has 0 saturated heterocycles. The minimum atomic E-state index is -3.37. The minimum absolute atomic E-state index is 0.184. The molecule has 0 aliphatic carbocycles. The van der Waals surface area contributed by atoms with E-state index in [1.54, 1.807) is 25.1 Å². The van der Waals surface area contributed by atoms with E-state index < -0.39 is 9.84 Å². The fourth-order valence-electron chi connectivity index (χ4n) is 2.76. The highest BCUT2D eigenvalue weighted by atomic mass is 32.2. The molecule has 0 fully saturated rings. The van der Waals surface area contributed by atoms with Crippen molar-refractivity contribution in [3.05, 3.63) is 48.0 Å². The van der Waals surface area contributed by atoms with Crippen LogP contribution in [0.1, 0.15) is 25.3 Å². The van der Waals surface area contributed by atoms with Gasteiger partial charge < -0.3 is 4.79 Å². The SMILES string of the molecule is CC(=O)CCCc1ccc2c(c1)-c1ccccc1S2(=O)=O. The summed E-state index contributed by atoms with van der Waals surface area (Å²) in [6.45, 7) is 1.59. The zero-order valence-corrected chi connectivity index (χ0v) is 12.6. The van der Waals surface area contributed by atoms with Crippen LogP contribution in [0, 0.1) is 0 Å². The van der Waals surface area contributed by atoms with E-state index in [-0.39, 0.29) is 5.78 Å². The molecule has 0 saturated carbocycles. The Balaban J connectivity index is 2.00. The Morgan fingerprint density at radius 1 is 1.00 bits per heavy atom. The summed E-state index contributed by atoms with van der Waals surface area (Å²) in [5.74, 6) is 0.184. The molecule has 0 amide bonds. The molecule has 3 rings (SSSR count). The van der Waals surface area contributed by atoms with Crippen molar-refractivity contribution in [1.29, 1.82) is 0 Å². The molecule has 0 radical (unpaired) electrons. The van der Waals surface area contributed by atoms with Crippen molar-refractivity contribution < 1.29 is 13.2 Å². The van der Waals surface area contributed by atoms with Crippen LogP contribution in [0.4, 0.5) is 0 Å². The van der Waals surface area contributed by atoms with Gasteiger partial charge in [-0.3, -0.25) is 0 Å². The van der Waals surface area contributed by atoms with E-state index in [4.69, 9.17) is 0 Å². The first-order valence-electron chi connectivity index (χ1n) is 6.97. The fraction of sp³-hybridized carbons (Fsp3) is 0.235. The topological polar surface area (TPSA) is 51.2 Å². The average Bonchev–Trinajstić information content (AvgIpc) is 2.68. The Kier molecular flexibility index (Phi) is 3.41. The first-order chi connectivity index (χ1) is 10.00. The van der Waals surface area contributed by atoms with Crippen LogP contribution in [0.2, 0.25) is 0 Å². The summed E-state index contributed by atoms with van der Waals surface area (Å²) in [7, 11) is -3.37. The molecule has 108 valence electrons. The molecule has 4 heteroatoms. The van der Waals surface area contributed by atoms with Gasteiger partial charge in [0.05, 0.1) is 9.79 Å². The predicted molar refractivity (Wildman–Crippen MR) is 80.9 cm³/mol. The summed E-state index contributed by atoms with van der Waals surface area (Å²) in [4.78, 5) is 11.8. The van der Waals surface area contributed by atoms with Gasteiger partial charge in [-0.2, -0.15) is 0 Å². The van der Waals surface area contributed by atoms with Crippen molar-refractivity contribution in [1.82, 2.24) is 0 Å². The molecule has 0 atom stereocenters. The number of Topliss-reactive ketones (excluding diaryl/α,β-unsaturated/α-hetero) is 1. The van der Waals surface area contributed by atoms with Crippen molar-refractivity contribution in [3.8, 4) is 11.1 Å². The number of aryl methyl sites for hydroxylation is 1. The number of carbonyl (C=O) groups is 1. The average molecular weight is 300 g/mol. The van der Waals surface area contributed by atoms with Gasteiger partial charge in [0.15, 0.2) is 0 Å². The molecular formula is C17H16O3S. The quantitative estimate of drug-likeness (QED) is 0.742. The Labute approximate surface area is 124 Å². The summed E-state index contributed by atoms with van der Waals surface area (Å²) in [5, 5.41) is 0. The molecule has 1 aliphatic rings. The number of ketones is 1. The van der Waals surface area contributed by atoms with E-state index in [1.165, 1.54) is 0 Å². The van der Waals surface area contributed by atoms with Gasteiger partial charge in [-0.05, 0) is 43.5 Å².